The van der Waals surface area contributed by atoms with Crippen molar-refractivity contribution in [2.45, 2.75) is 18.3 Å². The number of aromatic nitrogens is 1. The lowest BCUT2D eigenvalue weighted by Crippen LogP contribution is -2.04. The molecule has 13 heavy (non-hydrogen) atoms. The maximum atomic E-state index is 5.57. The maximum Gasteiger partial charge on any atom is 0.122 e. The van der Waals surface area contributed by atoms with Crippen LogP contribution in [-0.2, 0) is 4.43 Å². The van der Waals surface area contributed by atoms with E-state index < -0.39 is 0 Å². The molecule has 0 radical (unpaired) electrons. The summed E-state index contributed by atoms with van der Waals surface area (Å²) in [6, 6.07) is 3.90. The quantitative estimate of drug-likeness (QED) is 0.628. The molecule has 0 aliphatic rings. The van der Waals surface area contributed by atoms with Gasteiger partial charge in [-0.25, -0.2) is 0 Å². The molecule has 0 aliphatic heterocycles. The van der Waals surface area contributed by atoms with E-state index in [1.54, 1.807) is 6.20 Å². The van der Waals surface area contributed by atoms with Crippen LogP contribution in [0.2, 0.25) is 0 Å². The van der Waals surface area contributed by atoms with E-state index in [4.69, 9.17) is 4.74 Å². The lowest BCUT2D eigenvalue weighted by molar-refractivity contribution is 0.270. The van der Waals surface area contributed by atoms with Crippen LogP contribution < -0.4 is 4.74 Å². The zero-order chi connectivity index (χ0) is 9.68. The van der Waals surface area contributed by atoms with E-state index in [0.717, 1.165) is 22.5 Å². The Morgan fingerprint density at radius 1 is 1.54 bits per heavy atom. The summed E-state index contributed by atoms with van der Waals surface area (Å²) in [6.07, 6.45) is 1.80. The summed E-state index contributed by atoms with van der Waals surface area (Å²) in [6.45, 7) is 5.05. The molecule has 0 saturated carbocycles. The highest BCUT2D eigenvalue weighted by molar-refractivity contribution is 14.1. The van der Waals surface area contributed by atoms with Crippen molar-refractivity contribution in [1.29, 1.82) is 0 Å². The van der Waals surface area contributed by atoms with Gasteiger partial charge in [-0.05, 0) is 12.0 Å². The molecule has 1 aromatic rings. The summed E-state index contributed by atoms with van der Waals surface area (Å²) >= 11 is 2.29. The molecule has 0 unspecified atom stereocenters. The lowest BCUT2D eigenvalue weighted by atomic mass is 10.2. The second kappa shape index (κ2) is 5.42. The van der Waals surface area contributed by atoms with Gasteiger partial charge < -0.3 is 4.74 Å². The van der Waals surface area contributed by atoms with Crippen molar-refractivity contribution in [3.8, 4) is 5.75 Å². The molecule has 0 fully saturated rings. The van der Waals surface area contributed by atoms with Crippen molar-refractivity contribution in [3.05, 3.63) is 24.0 Å². The first-order valence-electron chi connectivity index (χ1n) is 4.36. The van der Waals surface area contributed by atoms with Gasteiger partial charge in [-0.15, -0.1) is 0 Å². The summed E-state index contributed by atoms with van der Waals surface area (Å²) in [5.74, 6) is 1.49. The Balaban J connectivity index is 2.56. The summed E-state index contributed by atoms with van der Waals surface area (Å²) in [7, 11) is 0. The molecular formula is C10H14INO. The van der Waals surface area contributed by atoms with Gasteiger partial charge >= 0.3 is 0 Å². The second-order valence-electron chi connectivity index (χ2n) is 3.32. The van der Waals surface area contributed by atoms with Crippen LogP contribution in [0.25, 0.3) is 0 Å². The van der Waals surface area contributed by atoms with Crippen molar-refractivity contribution >= 4 is 22.6 Å². The minimum absolute atomic E-state index is 0.566. The molecular weight excluding hydrogens is 277 g/mol. The van der Waals surface area contributed by atoms with Gasteiger partial charge in [-0.3, -0.25) is 4.98 Å². The number of hydrogen-bond donors (Lipinski definition) is 0. The van der Waals surface area contributed by atoms with E-state index in [-0.39, 0.29) is 0 Å². The second-order valence-corrected chi connectivity index (χ2v) is 4.08. The maximum absolute atomic E-state index is 5.57. The number of pyridine rings is 1. The SMILES string of the molecule is CC(C)COc1ccnc(CI)c1. The van der Waals surface area contributed by atoms with E-state index >= 15 is 0 Å². The van der Waals surface area contributed by atoms with Gasteiger partial charge in [-0.1, -0.05) is 36.4 Å². The Morgan fingerprint density at radius 3 is 2.92 bits per heavy atom. The largest absolute Gasteiger partial charge is 0.493 e. The highest BCUT2D eigenvalue weighted by Gasteiger charge is 1.98. The Morgan fingerprint density at radius 2 is 2.31 bits per heavy atom. The van der Waals surface area contributed by atoms with Crippen LogP contribution in [0.1, 0.15) is 19.5 Å². The van der Waals surface area contributed by atoms with Gasteiger partial charge in [0.15, 0.2) is 0 Å². The number of nitrogens with zero attached hydrogens (tertiary/aromatic N) is 1. The highest BCUT2D eigenvalue weighted by Crippen LogP contribution is 2.13. The first-order valence-corrected chi connectivity index (χ1v) is 5.88. The summed E-state index contributed by atoms with van der Waals surface area (Å²) in [4.78, 5) is 4.20. The van der Waals surface area contributed by atoms with Crippen molar-refractivity contribution < 1.29 is 4.74 Å². The van der Waals surface area contributed by atoms with Crippen LogP contribution in [0.15, 0.2) is 18.3 Å². The van der Waals surface area contributed by atoms with Crippen LogP contribution in [-0.4, -0.2) is 11.6 Å². The molecule has 0 saturated heterocycles. The first-order chi connectivity index (χ1) is 6.22. The fourth-order valence-electron chi connectivity index (χ4n) is 0.882. The van der Waals surface area contributed by atoms with E-state index in [1.807, 2.05) is 12.1 Å². The number of halogens is 1. The summed E-state index contributed by atoms with van der Waals surface area (Å²) in [5, 5.41) is 0. The van der Waals surface area contributed by atoms with Crippen LogP contribution in [0.5, 0.6) is 5.75 Å². The third kappa shape index (κ3) is 3.93. The summed E-state index contributed by atoms with van der Waals surface area (Å²) < 4.78 is 6.49. The van der Waals surface area contributed by atoms with Crippen LogP contribution in [0, 0.1) is 5.92 Å². The van der Waals surface area contributed by atoms with Gasteiger partial charge in [0.05, 0.1) is 12.3 Å². The fourth-order valence-corrected chi connectivity index (χ4v) is 1.30. The Hall–Kier alpha value is -0.320. The van der Waals surface area contributed by atoms with E-state index in [9.17, 15) is 0 Å². The number of alkyl halides is 1. The Bertz CT molecular complexity index is 263. The zero-order valence-electron chi connectivity index (χ0n) is 7.96. The minimum Gasteiger partial charge on any atom is -0.493 e. The molecule has 0 aromatic carbocycles. The van der Waals surface area contributed by atoms with Crippen LogP contribution >= 0.6 is 22.6 Å². The normalized spacial score (nSPS) is 10.5. The third-order valence-corrected chi connectivity index (χ3v) is 2.29. The Kier molecular flexibility index (Phi) is 4.48. The third-order valence-electron chi connectivity index (χ3n) is 1.51. The monoisotopic (exact) mass is 291 g/mol. The van der Waals surface area contributed by atoms with Crippen molar-refractivity contribution in [2.75, 3.05) is 6.61 Å². The van der Waals surface area contributed by atoms with E-state index in [0.29, 0.717) is 5.92 Å². The zero-order valence-corrected chi connectivity index (χ0v) is 10.1. The van der Waals surface area contributed by atoms with Gasteiger partial charge in [-0.2, -0.15) is 0 Å². The minimum atomic E-state index is 0.566. The van der Waals surface area contributed by atoms with Crippen molar-refractivity contribution in [2.24, 2.45) is 5.92 Å². The predicted molar refractivity (Wildman–Crippen MR) is 62.3 cm³/mol. The van der Waals surface area contributed by atoms with Gasteiger partial charge in [0.1, 0.15) is 5.75 Å². The average Bonchev–Trinajstić information content (AvgIpc) is 2.15. The molecule has 1 rings (SSSR count). The highest BCUT2D eigenvalue weighted by atomic mass is 127. The molecule has 2 nitrogen and oxygen atoms in total. The molecule has 0 bridgehead atoms. The van der Waals surface area contributed by atoms with Gasteiger partial charge in [0.2, 0.25) is 0 Å². The predicted octanol–water partition coefficient (Wildman–Crippen LogP) is 3.05. The smallest absolute Gasteiger partial charge is 0.122 e. The molecule has 0 atom stereocenters. The van der Waals surface area contributed by atoms with Gasteiger partial charge in [0, 0.05) is 16.7 Å². The average molecular weight is 291 g/mol. The molecule has 1 aromatic heterocycles. The first kappa shape index (κ1) is 10.8. The number of hydrogen-bond acceptors (Lipinski definition) is 2. The van der Waals surface area contributed by atoms with Crippen molar-refractivity contribution in [3.63, 3.8) is 0 Å². The Labute approximate surface area is 92.9 Å². The van der Waals surface area contributed by atoms with Gasteiger partial charge in [0.25, 0.3) is 0 Å². The molecule has 0 N–H and O–H groups in total. The van der Waals surface area contributed by atoms with E-state index in [2.05, 4.69) is 41.4 Å². The van der Waals surface area contributed by atoms with E-state index in [1.165, 1.54) is 0 Å². The molecule has 3 heteroatoms. The molecule has 0 aliphatic carbocycles. The number of ether oxygens (including phenoxy) is 1. The molecule has 72 valence electrons. The van der Waals surface area contributed by atoms with Crippen LogP contribution in [0.4, 0.5) is 0 Å². The lowest BCUT2D eigenvalue weighted by Gasteiger charge is -2.08. The van der Waals surface area contributed by atoms with Crippen molar-refractivity contribution in [1.82, 2.24) is 4.98 Å². The molecule has 1 heterocycles. The standard InChI is InChI=1S/C10H14INO/c1-8(2)7-13-10-3-4-12-9(5-10)6-11/h3-5,8H,6-7H2,1-2H3. The van der Waals surface area contributed by atoms with Crippen LogP contribution in [0.3, 0.4) is 0 Å². The fraction of sp³-hybridized carbons (Fsp3) is 0.500. The topological polar surface area (TPSA) is 22.1 Å². The molecule has 0 spiro atoms. The summed E-state index contributed by atoms with van der Waals surface area (Å²) in [5.41, 5.74) is 1.07. The molecule has 0 amide bonds. The number of rotatable bonds is 4.